The number of carbonyl (C=O) groups excluding carboxylic acids is 1. The standard InChI is InChI=1S/C27H49NO5S/c1-3-5-7-9-11-13-15-17-19-21-23-27(30)28-25(24-34(31,32)33)26(29)22-20-18-16-14-12-10-8-6-4-2/h7,9,12,14,20,22,25-26,29H,3-6,8,10-11,13,15-19,21,23-24H2,1-2H3,(H,28,30)(H,31,32,33)/b9-7-,14-12+,22-20+. The molecule has 0 rings (SSSR count). The Hall–Kier alpha value is -1.44. The number of allylic oxidation sites excluding steroid dienone is 5. The Morgan fingerprint density at radius 1 is 0.765 bits per heavy atom. The maximum absolute atomic E-state index is 12.3. The van der Waals surface area contributed by atoms with E-state index >= 15 is 0 Å². The average molecular weight is 500 g/mol. The lowest BCUT2D eigenvalue weighted by Crippen LogP contribution is -2.46. The van der Waals surface area contributed by atoms with Gasteiger partial charge in [0, 0.05) is 6.42 Å². The second kappa shape index (κ2) is 22.1. The van der Waals surface area contributed by atoms with Crippen LogP contribution in [0.5, 0.6) is 0 Å². The van der Waals surface area contributed by atoms with Crippen molar-refractivity contribution in [1.29, 1.82) is 0 Å². The first-order valence-electron chi connectivity index (χ1n) is 13.2. The highest BCUT2D eigenvalue weighted by Crippen LogP contribution is 2.09. The molecule has 2 unspecified atom stereocenters. The predicted octanol–water partition coefficient (Wildman–Crippen LogP) is 6.28. The van der Waals surface area contributed by atoms with Crippen LogP contribution in [0.3, 0.4) is 0 Å². The van der Waals surface area contributed by atoms with Crippen molar-refractivity contribution < 1.29 is 22.9 Å². The van der Waals surface area contributed by atoms with Gasteiger partial charge < -0.3 is 10.4 Å². The van der Waals surface area contributed by atoms with E-state index in [0.717, 1.165) is 51.4 Å². The van der Waals surface area contributed by atoms with Crippen molar-refractivity contribution in [2.75, 3.05) is 5.75 Å². The first-order valence-corrected chi connectivity index (χ1v) is 14.8. The second-order valence-corrected chi connectivity index (χ2v) is 10.4. The molecule has 2 atom stereocenters. The van der Waals surface area contributed by atoms with Gasteiger partial charge in [0.2, 0.25) is 5.91 Å². The SMILES string of the molecule is CCC/C=C\CCCCCCCC(=O)NC(CS(=O)(=O)O)C(O)/C=C/CC/C=C/CCCCC. The number of aliphatic hydroxyl groups excluding tert-OH is 1. The predicted molar refractivity (Wildman–Crippen MR) is 142 cm³/mol. The molecule has 0 aromatic carbocycles. The lowest BCUT2D eigenvalue weighted by molar-refractivity contribution is -0.122. The fourth-order valence-corrected chi connectivity index (χ4v) is 4.26. The van der Waals surface area contributed by atoms with E-state index < -0.39 is 28.0 Å². The quantitative estimate of drug-likeness (QED) is 0.0924. The Morgan fingerprint density at radius 3 is 1.97 bits per heavy atom. The van der Waals surface area contributed by atoms with Gasteiger partial charge in [-0.05, 0) is 51.4 Å². The van der Waals surface area contributed by atoms with Gasteiger partial charge in [-0.1, -0.05) is 88.8 Å². The molecule has 0 saturated heterocycles. The summed E-state index contributed by atoms with van der Waals surface area (Å²) in [6, 6.07) is -1.07. The molecular formula is C27H49NO5S. The minimum absolute atomic E-state index is 0.275. The van der Waals surface area contributed by atoms with Crippen LogP contribution in [0.25, 0.3) is 0 Å². The van der Waals surface area contributed by atoms with Crippen molar-refractivity contribution in [3.8, 4) is 0 Å². The van der Waals surface area contributed by atoms with Gasteiger partial charge in [0.25, 0.3) is 10.1 Å². The van der Waals surface area contributed by atoms with Crippen molar-refractivity contribution in [3.05, 3.63) is 36.5 Å². The van der Waals surface area contributed by atoms with E-state index in [9.17, 15) is 22.9 Å². The Kier molecular flexibility index (Phi) is 21.1. The first kappa shape index (κ1) is 32.6. The van der Waals surface area contributed by atoms with Crippen LogP contribution in [0, 0.1) is 0 Å². The highest BCUT2D eigenvalue weighted by Gasteiger charge is 2.24. The summed E-state index contributed by atoms with van der Waals surface area (Å²) in [5.74, 6) is -1.02. The van der Waals surface area contributed by atoms with Crippen LogP contribution in [-0.4, -0.2) is 41.9 Å². The van der Waals surface area contributed by atoms with Crippen molar-refractivity contribution in [1.82, 2.24) is 5.32 Å². The second-order valence-electron chi connectivity index (χ2n) is 8.95. The zero-order valence-electron chi connectivity index (χ0n) is 21.5. The lowest BCUT2D eigenvalue weighted by atomic mass is 10.1. The largest absolute Gasteiger partial charge is 0.387 e. The normalized spacial score (nSPS) is 14.4. The van der Waals surface area contributed by atoms with Gasteiger partial charge in [0.1, 0.15) is 0 Å². The summed E-state index contributed by atoms with van der Waals surface area (Å²) < 4.78 is 31.9. The number of hydrogen-bond acceptors (Lipinski definition) is 4. The maximum Gasteiger partial charge on any atom is 0.267 e. The molecule has 6 nitrogen and oxygen atoms in total. The number of unbranched alkanes of at least 4 members (excludes halogenated alkanes) is 10. The van der Waals surface area contributed by atoms with Crippen LogP contribution >= 0.6 is 0 Å². The molecule has 3 N–H and O–H groups in total. The molecule has 34 heavy (non-hydrogen) atoms. The Balaban J connectivity index is 4.28. The number of carbonyl (C=O) groups is 1. The molecule has 0 aliphatic heterocycles. The van der Waals surface area contributed by atoms with Crippen LogP contribution in [0.15, 0.2) is 36.5 Å². The van der Waals surface area contributed by atoms with Crippen LogP contribution in [0.1, 0.15) is 110 Å². The molecule has 198 valence electrons. The van der Waals surface area contributed by atoms with Gasteiger partial charge in [0.15, 0.2) is 0 Å². The molecular weight excluding hydrogens is 450 g/mol. The zero-order valence-corrected chi connectivity index (χ0v) is 22.3. The van der Waals surface area contributed by atoms with Gasteiger partial charge in [-0.25, -0.2) is 0 Å². The molecule has 0 aromatic heterocycles. The third-order valence-corrected chi connectivity index (χ3v) is 6.30. The van der Waals surface area contributed by atoms with Crippen molar-refractivity contribution >= 4 is 16.0 Å². The maximum atomic E-state index is 12.3. The molecule has 0 saturated carbocycles. The van der Waals surface area contributed by atoms with Crippen LogP contribution < -0.4 is 5.32 Å². The minimum atomic E-state index is -4.33. The number of rotatable bonds is 22. The number of hydrogen-bond donors (Lipinski definition) is 3. The fourth-order valence-electron chi connectivity index (χ4n) is 3.52. The summed E-state index contributed by atoms with van der Waals surface area (Å²) in [4.78, 5) is 12.3. The summed E-state index contributed by atoms with van der Waals surface area (Å²) in [6.45, 7) is 4.34. The Morgan fingerprint density at radius 2 is 1.32 bits per heavy atom. The Bertz CT molecular complexity index is 685. The summed E-state index contributed by atoms with van der Waals surface area (Å²) in [5.41, 5.74) is 0. The van der Waals surface area contributed by atoms with Gasteiger partial charge in [-0.2, -0.15) is 8.42 Å². The van der Waals surface area contributed by atoms with Gasteiger partial charge in [-0.15, -0.1) is 0 Å². The number of amides is 1. The van der Waals surface area contributed by atoms with Crippen LogP contribution in [0.4, 0.5) is 0 Å². The summed E-state index contributed by atoms with van der Waals surface area (Å²) in [6.07, 6.45) is 25.7. The number of aliphatic hydroxyl groups is 1. The van der Waals surface area contributed by atoms with Crippen molar-refractivity contribution in [2.45, 2.75) is 122 Å². The molecule has 1 amide bonds. The smallest absolute Gasteiger partial charge is 0.267 e. The van der Waals surface area contributed by atoms with Crippen LogP contribution in [-0.2, 0) is 14.9 Å². The summed E-state index contributed by atoms with van der Waals surface area (Å²) in [5, 5.41) is 12.9. The molecule has 0 heterocycles. The molecule has 0 radical (unpaired) electrons. The molecule has 0 aliphatic carbocycles. The van der Waals surface area contributed by atoms with Gasteiger partial charge in [0.05, 0.1) is 17.9 Å². The summed E-state index contributed by atoms with van der Waals surface area (Å²) >= 11 is 0. The molecule has 0 aromatic rings. The molecule has 0 fully saturated rings. The van der Waals surface area contributed by atoms with E-state index in [4.69, 9.17) is 0 Å². The number of nitrogens with one attached hydrogen (secondary N) is 1. The highest BCUT2D eigenvalue weighted by molar-refractivity contribution is 7.85. The molecule has 0 bridgehead atoms. The minimum Gasteiger partial charge on any atom is -0.387 e. The lowest BCUT2D eigenvalue weighted by Gasteiger charge is -2.21. The average Bonchev–Trinajstić information content (AvgIpc) is 2.77. The van der Waals surface area contributed by atoms with Crippen molar-refractivity contribution in [2.24, 2.45) is 0 Å². The van der Waals surface area contributed by atoms with E-state index in [-0.39, 0.29) is 12.3 Å². The van der Waals surface area contributed by atoms with Crippen molar-refractivity contribution in [3.63, 3.8) is 0 Å². The third-order valence-electron chi connectivity index (χ3n) is 5.52. The van der Waals surface area contributed by atoms with Crippen LogP contribution in [0.2, 0.25) is 0 Å². The van der Waals surface area contributed by atoms with E-state index in [1.165, 1.54) is 31.8 Å². The summed E-state index contributed by atoms with van der Waals surface area (Å²) in [7, 11) is -4.33. The van der Waals surface area contributed by atoms with E-state index in [2.05, 4.69) is 43.5 Å². The topological polar surface area (TPSA) is 104 Å². The monoisotopic (exact) mass is 499 g/mol. The van der Waals surface area contributed by atoms with Gasteiger partial charge >= 0.3 is 0 Å². The van der Waals surface area contributed by atoms with E-state index in [1.54, 1.807) is 6.08 Å². The highest BCUT2D eigenvalue weighted by atomic mass is 32.2. The third kappa shape index (κ3) is 22.4. The van der Waals surface area contributed by atoms with Gasteiger partial charge in [-0.3, -0.25) is 9.35 Å². The zero-order chi connectivity index (χ0) is 25.5. The van der Waals surface area contributed by atoms with E-state index in [0.29, 0.717) is 12.8 Å². The molecule has 0 aliphatic rings. The molecule has 0 spiro atoms. The first-order chi connectivity index (χ1) is 16.3. The van der Waals surface area contributed by atoms with E-state index in [1.807, 2.05) is 0 Å². The Labute approximate surface area is 208 Å². The fraction of sp³-hybridized carbons (Fsp3) is 0.741. The molecule has 7 heteroatoms.